The van der Waals surface area contributed by atoms with E-state index in [-0.39, 0.29) is 0 Å². The third-order valence-corrected chi connectivity index (χ3v) is 5.10. The van der Waals surface area contributed by atoms with Crippen molar-refractivity contribution < 1.29 is 9.78 Å². The molecule has 0 aliphatic carbocycles. The normalized spacial score (nSPS) is 19.0. The quantitative estimate of drug-likeness (QED) is 0.803. The van der Waals surface area contributed by atoms with E-state index < -0.39 is 0 Å². The standard InChI is InChI=1S/C16H20N4O2S/c1-2-14-4-3-13(10-15(14)22-21-9-1)11-19-5-7-20(8-6-19)16-18-17-12-23-16/h3-4,10,12H,1-2,5-9,11H2. The van der Waals surface area contributed by atoms with Crippen molar-refractivity contribution in [3.63, 3.8) is 0 Å². The summed E-state index contributed by atoms with van der Waals surface area (Å²) in [4.78, 5) is 15.4. The number of aromatic nitrogens is 2. The third kappa shape index (κ3) is 3.46. The number of aryl methyl sites for hydroxylation is 1. The van der Waals surface area contributed by atoms with E-state index in [0.29, 0.717) is 6.61 Å². The molecule has 1 aromatic heterocycles. The van der Waals surface area contributed by atoms with Crippen LogP contribution in [-0.4, -0.2) is 47.9 Å². The van der Waals surface area contributed by atoms with Gasteiger partial charge in [-0.3, -0.25) is 4.90 Å². The van der Waals surface area contributed by atoms with Crippen molar-refractivity contribution in [1.82, 2.24) is 15.1 Å². The molecule has 0 radical (unpaired) electrons. The van der Waals surface area contributed by atoms with Crippen LogP contribution >= 0.6 is 11.3 Å². The van der Waals surface area contributed by atoms with Crippen molar-refractivity contribution in [3.8, 4) is 5.75 Å². The number of nitrogens with zero attached hydrogens (tertiary/aromatic N) is 4. The summed E-state index contributed by atoms with van der Waals surface area (Å²) >= 11 is 1.61. The van der Waals surface area contributed by atoms with Gasteiger partial charge in [-0.15, -0.1) is 10.2 Å². The second-order valence-electron chi connectivity index (χ2n) is 5.94. The van der Waals surface area contributed by atoms with Gasteiger partial charge in [-0.25, -0.2) is 0 Å². The van der Waals surface area contributed by atoms with Crippen LogP contribution in [0.5, 0.6) is 5.75 Å². The Kier molecular flexibility index (Phi) is 4.41. The van der Waals surface area contributed by atoms with E-state index in [0.717, 1.165) is 56.4 Å². The van der Waals surface area contributed by atoms with Crippen molar-refractivity contribution in [1.29, 1.82) is 0 Å². The second-order valence-corrected chi connectivity index (χ2v) is 6.75. The number of piperazine rings is 1. The molecule has 23 heavy (non-hydrogen) atoms. The summed E-state index contributed by atoms with van der Waals surface area (Å²) in [5.74, 6) is 0.882. The Morgan fingerprint density at radius 1 is 1.17 bits per heavy atom. The highest BCUT2D eigenvalue weighted by molar-refractivity contribution is 7.13. The van der Waals surface area contributed by atoms with Crippen LogP contribution < -0.4 is 9.79 Å². The van der Waals surface area contributed by atoms with Crippen LogP contribution in [-0.2, 0) is 17.9 Å². The molecular formula is C16H20N4O2S. The minimum atomic E-state index is 0.664. The second kappa shape index (κ2) is 6.82. The zero-order valence-corrected chi connectivity index (χ0v) is 13.8. The lowest BCUT2D eigenvalue weighted by Gasteiger charge is -2.34. The summed E-state index contributed by atoms with van der Waals surface area (Å²) in [5.41, 5.74) is 4.31. The third-order valence-electron chi connectivity index (χ3n) is 4.35. The number of hydrogen-bond donors (Lipinski definition) is 0. The molecule has 2 aromatic rings. The largest absolute Gasteiger partial charge is 0.344 e. The Balaban J connectivity index is 1.37. The molecule has 3 heterocycles. The lowest BCUT2D eigenvalue weighted by atomic mass is 10.1. The minimum absolute atomic E-state index is 0.664. The minimum Gasteiger partial charge on any atom is -0.344 e. The van der Waals surface area contributed by atoms with Gasteiger partial charge in [0.25, 0.3) is 0 Å². The molecule has 122 valence electrons. The molecule has 1 saturated heterocycles. The SMILES string of the molecule is c1nnc(N2CCN(Cc3ccc4c(c3)OOCCC4)CC2)s1. The molecule has 0 atom stereocenters. The summed E-state index contributed by atoms with van der Waals surface area (Å²) in [5, 5.41) is 9.10. The monoisotopic (exact) mass is 332 g/mol. The zero-order chi connectivity index (χ0) is 15.5. The van der Waals surface area contributed by atoms with Gasteiger partial charge in [0.05, 0.1) is 6.61 Å². The van der Waals surface area contributed by atoms with Gasteiger partial charge >= 0.3 is 0 Å². The fourth-order valence-electron chi connectivity index (χ4n) is 3.07. The van der Waals surface area contributed by atoms with Crippen LogP contribution in [0.2, 0.25) is 0 Å². The van der Waals surface area contributed by atoms with E-state index in [1.807, 2.05) is 0 Å². The first kappa shape index (κ1) is 14.9. The van der Waals surface area contributed by atoms with E-state index in [4.69, 9.17) is 9.78 Å². The summed E-state index contributed by atoms with van der Waals surface area (Å²) < 4.78 is 0. The Labute approximate surface area is 139 Å². The Hall–Kier alpha value is -1.70. The summed E-state index contributed by atoms with van der Waals surface area (Å²) in [7, 11) is 0. The van der Waals surface area contributed by atoms with E-state index in [1.165, 1.54) is 11.1 Å². The molecule has 0 bridgehead atoms. The summed E-state index contributed by atoms with van der Waals surface area (Å²) in [6, 6.07) is 6.51. The maximum atomic E-state index is 5.40. The van der Waals surface area contributed by atoms with Crippen LogP contribution in [0.25, 0.3) is 0 Å². The number of fused-ring (bicyclic) bond motifs is 1. The van der Waals surface area contributed by atoms with Gasteiger partial charge in [0.1, 0.15) is 5.51 Å². The first-order valence-corrected chi connectivity index (χ1v) is 8.91. The van der Waals surface area contributed by atoms with Gasteiger partial charge in [-0.1, -0.05) is 23.5 Å². The number of rotatable bonds is 3. The fraction of sp³-hybridized carbons (Fsp3) is 0.500. The highest BCUT2D eigenvalue weighted by Gasteiger charge is 2.19. The van der Waals surface area contributed by atoms with Crippen molar-refractivity contribution in [2.45, 2.75) is 19.4 Å². The molecule has 0 N–H and O–H groups in total. The van der Waals surface area contributed by atoms with Crippen molar-refractivity contribution in [3.05, 3.63) is 34.8 Å². The lowest BCUT2D eigenvalue weighted by Crippen LogP contribution is -2.45. The van der Waals surface area contributed by atoms with E-state index in [9.17, 15) is 0 Å². The molecule has 1 aromatic carbocycles. The number of anilines is 1. The molecular weight excluding hydrogens is 312 g/mol. The van der Waals surface area contributed by atoms with Crippen LogP contribution in [0.1, 0.15) is 17.5 Å². The lowest BCUT2D eigenvalue weighted by molar-refractivity contribution is -0.203. The van der Waals surface area contributed by atoms with Crippen molar-refractivity contribution in [2.75, 3.05) is 37.7 Å². The molecule has 2 aliphatic heterocycles. The molecule has 0 spiro atoms. The van der Waals surface area contributed by atoms with Crippen LogP contribution in [0.15, 0.2) is 23.7 Å². The smallest absolute Gasteiger partial charge is 0.208 e. The van der Waals surface area contributed by atoms with E-state index >= 15 is 0 Å². The van der Waals surface area contributed by atoms with Crippen molar-refractivity contribution >= 4 is 16.5 Å². The molecule has 0 unspecified atom stereocenters. The topological polar surface area (TPSA) is 50.7 Å². The molecule has 6 nitrogen and oxygen atoms in total. The number of hydrogen-bond acceptors (Lipinski definition) is 7. The molecule has 1 fully saturated rings. The van der Waals surface area contributed by atoms with Gasteiger partial charge < -0.3 is 9.79 Å². The Morgan fingerprint density at radius 3 is 2.91 bits per heavy atom. The maximum absolute atomic E-state index is 5.40. The summed E-state index contributed by atoms with van der Waals surface area (Å²) in [6.07, 6.45) is 2.04. The van der Waals surface area contributed by atoms with E-state index in [2.05, 4.69) is 38.2 Å². The Morgan fingerprint density at radius 2 is 2.09 bits per heavy atom. The summed E-state index contributed by atoms with van der Waals surface area (Å²) in [6.45, 7) is 5.68. The fourth-order valence-corrected chi connectivity index (χ4v) is 3.68. The molecule has 0 amide bonds. The van der Waals surface area contributed by atoms with Crippen LogP contribution in [0.4, 0.5) is 5.13 Å². The number of benzene rings is 1. The zero-order valence-electron chi connectivity index (χ0n) is 13.0. The molecule has 7 heteroatoms. The van der Waals surface area contributed by atoms with E-state index in [1.54, 1.807) is 16.8 Å². The van der Waals surface area contributed by atoms with Crippen LogP contribution in [0.3, 0.4) is 0 Å². The van der Waals surface area contributed by atoms with Crippen LogP contribution in [0, 0.1) is 0 Å². The molecule has 2 aliphatic rings. The van der Waals surface area contributed by atoms with Gasteiger partial charge in [0.2, 0.25) is 5.13 Å². The Bertz CT molecular complexity index is 642. The maximum Gasteiger partial charge on any atom is 0.208 e. The van der Waals surface area contributed by atoms with Gasteiger partial charge in [-0.05, 0) is 30.0 Å². The average molecular weight is 332 g/mol. The van der Waals surface area contributed by atoms with Gasteiger partial charge in [0.15, 0.2) is 5.75 Å². The molecule has 4 rings (SSSR count). The highest BCUT2D eigenvalue weighted by atomic mass is 32.1. The average Bonchev–Trinajstić information content (AvgIpc) is 3.02. The van der Waals surface area contributed by atoms with Crippen molar-refractivity contribution in [2.24, 2.45) is 0 Å². The van der Waals surface area contributed by atoms with Gasteiger partial charge in [-0.2, -0.15) is 4.89 Å². The van der Waals surface area contributed by atoms with Gasteiger partial charge in [0, 0.05) is 32.7 Å². The highest BCUT2D eigenvalue weighted by Crippen LogP contribution is 2.26. The predicted molar refractivity (Wildman–Crippen MR) is 88.7 cm³/mol. The first-order chi connectivity index (χ1) is 11.4. The molecule has 0 saturated carbocycles. The predicted octanol–water partition coefficient (Wildman–Crippen LogP) is 2.12. The first-order valence-electron chi connectivity index (χ1n) is 8.03.